The molecule has 0 saturated carbocycles. The van der Waals surface area contributed by atoms with Crippen LogP contribution in [0.2, 0.25) is 0 Å². The molecule has 23 heavy (non-hydrogen) atoms. The second-order valence-corrected chi connectivity index (χ2v) is 6.55. The number of alkyl halides is 3. The van der Waals surface area contributed by atoms with E-state index in [0.29, 0.717) is 17.6 Å². The first-order valence-electron chi connectivity index (χ1n) is 8.45. The second-order valence-electron chi connectivity index (χ2n) is 6.55. The Balaban J connectivity index is 1.63. The van der Waals surface area contributed by atoms with E-state index in [9.17, 15) is 13.2 Å². The molecule has 2 aliphatic rings. The molecule has 2 atom stereocenters. The molecule has 0 radical (unpaired) electrons. The van der Waals surface area contributed by atoms with E-state index in [1.54, 1.807) is 23.5 Å². The van der Waals surface area contributed by atoms with Crippen LogP contribution < -0.4 is 10.6 Å². The summed E-state index contributed by atoms with van der Waals surface area (Å²) < 4.78 is 37.8. The summed E-state index contributed by atoms with van der Waals surface area (Å²) in [6.45, 7) is 3.08. The number of para-hydroxylation sites is 2. The molecule has 2 N–H and O–H groups in total. The lowest BCUT2D eigenvalue weighted by atomic mass is 9.83. The molecule has 128 valence electrons. The standard InChI is InChI=1S/C17H24F3N3/c18-17(19,20)22-15-8-2-1-7-14(15)21-12-13-6-5-11-23-10-4-3-9-16(13)23/h1-2,7-8,13,16,21-22H,3-6,9-12H2. The van der Waals surface area contributed by atoms with Gasteiger partial charge >= 0.3 is 6.30 Å². The molecule has 1 aromatic rings. The Hall–Kier alpha value is -1.43. The van der Waals surface area contributed by atoms with Gasteiger partial charge in [-0.25, -0.2) is 0 Å². The lowest BCUT2D eigenvalue weighted by Crippen LogP contribution is -2.49. The summed E-state index contributed by atoms with van der Waals surface area (Å²) in [6, 6.07) is 7.13. The molecular formula is C17H24F3N3. The number of anilines is 2. The molecule has 2 aliphatic heterocycles. The Kier molecular flexibility index (Phi) is 4.99. The molecule has 3 nitrogen and oxygen atoms in total. The minimum atomic E-state index is -4.41. The number of halogens is 3. The van der Waals surface area contributed by atoms with Crippen molar-refractivity contribution in [3.63, 3.8) is 0 Å². The highest BCUT2D eigenvalue weighted by Crippen LogP contribution is 2.32. The highest BCUT2D eigenvalue weighted by Gasteiger charge is 2.33. The van der Waals surface area contributed by atoms with Crippen molar-refractivity contribution in [2.24, 2.45) is 5.92 Å². The van der Waals surface area contributed by atoms with E-state index in [1.807, 2.05) is 0 Å². The third kappa shape index (κ3) is 4.31. The summed E-state index contributed by atoms with van der Waals surface area (Å²) in [4.78, 5) is 2.57. The molecule has 2 unspecified atom stereocenters. The van der Waals surface area contributed by atoms with E-state index >= 15 is 0 Å². The summed E-state index contributed by atoms with van der Waals surface area (Å²) in [7, 11) is 0. The Bertz CT molecular complexity index is 516. The summed E-state index contributed by atoms with van der Waals surface area (Å²) in [5, 5.41) is 4.87. The van der Waals surface area contributed by atoms with Gasteiger partial charge in [0.1, 0.15) is 0 Å². The van der Waals surface area contributed by atoms with Gasteiger partial charge in [-0.1, -0.05) is 18.6 Å². The van der Waals surface area contributed by atoms with E-state index in [-0.39, 0.29) is 5.69 Å². The van der Waals surface area contributed by atoms with Gasteiger partial charge in [-0.2, -0.15) is 13.2 Å². The van der Waals surface area contributed by atoms with Crippen molar-refractivity contribution in [2.75, 3.05) is 30.3 Å². The minimum absolute atomic E-state index is 0.0938. The molecule has 3 rings (SSSR count). The van der Waals surface area contributed by atoms with Crippen LogP contribution in [-0.4, -0.2) is 36.9 Å². The summed E-state index contributed by atoms with van der Waals surface area (Å²) >= 11 is 0. The molecule has 0 amide bonds. The predicted octanol–water partition coefficient (Wildman–Crippen LogP) is 4.29. The number of piperidine rings is 2. The average Bonchev–Trinajstić information content (AvgIpc) is 2.52. The maximum Gasteiger partial charge on any atom is 0.482 e. The zero-order chi connectivity index (χ0) is 16.3. The number of benzene rings is 1. The van der Waals surface area contributed by atoms with Crippen LogP contribution in [0.4, 0.5) is 24.5 Å². The van der Waals surface area contributed by atoms with E-state index in [2.05, 4.69) is 10.2 Å². The fraction of sp³-hybridized carbons (Fsp3) is 0.647. The molecule has 1 aromatic carbocycles. The SMILES string of the molecule is FC(F)(F)Nc1ccccc1NCC1CCCN2CCCCC12. The Morgan fingerprint density at radius 2 is 1.74 bits per heavy atom. The molecule has 0 aliphatic carbocycles. The van der Waals surface area contributed by atoms with Crippen LogP contribution in [0.3, 0.4) is 0 Å². The number of nitrogens with zero attached hydrogens (tertiary/aromatic N) is 1. The van der Waals surface area contributed by atoms with Crippen LogP contribution in [0.15, 0.2) is 24.3 Å². The average molecular weight is 327 g/mol. The van der Waals surface area contributed by atoms with Gasteiger partial charge in [-0.3, -0.25) is 5.32 Å². The summed E-state index contributed by atoms with van der Waals surface area (Å²) in [6.07, 6.45) is 1.69. The van der Waals surface area contributed by atoms with Crippen LogP contribution in [-0.2, 0) is 0 Å². The molecule has 0 aromatic heterocycles. The Morgan fingerprint density at radius 3 is 2.52 bits per heavy atom. The van der Waals surface area contributed by atoms with Gasteiger partial charge < -0.3 is 10.2 Å². The van der Waals surface area contributed by atoms with Crippen LogP contribution in [0.1, 0.15) is 32.1 Å². The maximum absolute atomic E-state index is 12.6. The zero-order valence-electron chi connectivity index (χ0n) is 13.2. The molecular weight excluding hydrogens is 303 g/mol. The van der Waals surface area contributed by atoms with Crippen LogP contribution in [0.5, 0.6) is 0 Å². The van der Waals surface area contributed by atoms with Gasteiger partial charge in [0.25, 0.3) is 0 Å². The monoisotopic (exact) mass is 327 g/mol. The molecule has 2 heterocycles. The van der Waals surface area contributed by atoms with Crippen molar-refractivity contribution in [3.05, 3.63) is 24.3 Å². The second kappa shape index (κ2) is 6.99. The quantitative estimate of drug-likeness (QED) is 0.808. The smallest absolute Gasteiger partial charge is 0.383 e. The Labute approximate surface area is 135 Å². The number of fused-ring (bicyclic) bond motifs is 1. The third-order valence-electron chi connectivity index (χ3n) is 4.99. The van der Waals surface area contributed by atoms with E-state index < -0.39 is 6.30 Å². The highest BCUT2D eigenvalue weighted by molar-refractivity contribution is 5.68. The van der Waals surface area contributed by atoms with Gasteiger partial charge in [0.15, 0.2) is 0 Å². The van der Waals surface area contributed by atoms with Gasteiger partial charge in [0, 0.05) is 12.6 Å². The first-order chi connectivity index (χ1) is 11.0. The molecule has 2 fully saturated rings. The minimum Gasteiger partial charge on any atom is -0.383 e. The van der Waals surface area contributed by atoms with Crippen molar-refractivity contribution < 1.29 is 13.2 Å². The van der Waals surface area contributed by atoms with Gasteiger partial charge in [0.05, 0.1) is 11.4 Å². The molecule has 0 bridgehead atoms. The maximum atomic E-state index is 12.6. The molecule has 2 saturated heterocycles. The van der Waals surface area contributed by atoms with Crippen LogP contribution in [0, 0.1) is 5.92 Å². The van der Waals surface area contributed by atoms with E-state index in [4.69, 9.17) is 0 Å². The largest absolute Gasteiger partial charge is 0.482 e. The van der Waals surface area contributed by atoms with Crippen LogP contribution >= 0.6 is 0 Å². The van der Waals surface area contributed by atoms with Crippen molar-refractivity contribution in [1.29, 1.82) is 0 Å². The highest BCUT2D eigenvalue weighted by atomic mass is 19.4. The van der Waals surface area contributed by atoms with E-state index in [1.165, 1.54) is 44.8 Å². The third-order valence-corrected chi connectivity index (χ3v) is 4.99. The van der Waals surface area contributed by atoms with Gasteiger partial charge in [-0.15, -0.1) is 0 Å². The van der Waals surface area contributed by atoms with Gasteiger partial charge in [-0.05, 0) is 56.8 Å². The van der Waals surface area contributed by atoms with E-state index in [0.717, 1.165) is 13.0 Å². The summed E-state index contributed by atoms with van der Waals surface area (Å²) in [5.74, 6) is 0.517. The fourth-order valence-corrected chi connectivity index (χ4v) is 3.96. The molecule has 0 spiro atoms. The lowest BCUT2D eigenvalue weighted by molar-refractivity contribution is -0.0998. The first kappa shape index (κ1) is 16.4. The molecule has 6 heteroatoms. The Morgan fingerprint density at radius 1 is 1.00 bits per heavy atom. The van der Waals surface area contributed by atoms with Crippen molar-refractivity contribution >= 4 is 11.4 Å². The van der Waals surface area contributed by atoms with Crippen molar-refractivity contribution in [3.8, 4) is 0 Å². The first-order valence-corrected chi connectivity index (χ1v) is 8.45. The predicted molar refractivity (Wildman–Crippen MR) is 86.5 cm³/mol. The summed E-state index contributed by atoms with van der Waals surface area (Å²) in [5.41, 5.74) is 0.620. The van der Waals surface area contributed by atoms with Gasteiger partial charge in [0.2, 0.25) is 0 Å². The number of rotatable bonds is 4. The normalized spacial score (nSPS) is 25.7. The van der Waals surface area contributed by atoms with Crippen molar-refractivity contribution in [1.82, 2.24) is 4.90 Å². The number of hydrogen-bond acceptors (Lipinski definition) is 3. The number of nitrogens with one attached hydrogen (secondary N) is 2. The zero-order valence-corrected chi connectivity index (χ0v) is 13.2. The number of hydrogen-bond donors (Lipinski definition) is 2. The fourth-order valence-electron chi connectivity index (χ4n) is 3.96. The lowest BCUT2D eigenvalue weighted by Gasteiger charge is -2.44. The van der Waals surface area contributed by atoms with Crippen molar-refractivity contribution in [2.45, 2.75) is 44.4 Å². The topological polar surface area (TPSA) is 27.3 Å². The van der Waals surface area contributed by atoms with Crippen LogP contribution in [0.25, 0.3) is 0 Å².